The Labute approximate surface area is 186 Å². The van der Waals surface area contributed by atoms with Gasteiger partial charge in [0.05, 0.1) is 36.4 Å². The predicted octanol–water partition coefficient (Wildman–Crippen LogP) is 4.37. The average molecular weight is 427 g/mol. The Hall–Kier alpha value is -3.58. The van der Waals surface area contributed by atoms with E-state index in [1.54, 1.807) is 7.11 Å². The van der Waals surface area contributed by atoms with E-state index in [4.69, 9.17) is 4.74 Å². The van der Waals surface area contributed by atoms with Crippen molar-refractivity contribution >= 4 is 27.8 Å². The number of aromatic amines is 1. The van der Waals surface area contributed by atoms with Crippen LogP contribution in [0.3, 0.4) is 0 Å². The Morgan fingerprint density at radius 3 is 3.03 bits per heavy atom. The first-order chi connectivity index (χ1) is 15.8. The lowest BCUT2D eigenvalue weighted by molar-refractivity contribution is 0.279. The number of H-pyrrole nitrogens is 1. The molecule has 0 radical (unpaired) electrons. The third-order valence-electron chi connectivity index (χ3n) is 6.52. The van der Waals surface area contributed by atoms with Gasteiger partial charge < -0.3 is 24.5 Å². The SMILES string of the molecule is COC1=CC=CCN1c1cnc2[nH]cc(-c3ccc4ncn(C5CCCNC5)c4c3)c2c1. The van der Waals surface area contributed by atoms with Crippen LogP contribution < -0.4 is 10.2 Å². The van der Waals surface area contributed by atoms with Gasteiger partial charge >= 0.3 is 0 Å². The second-order valence-electron chi connectivity index (χ2n) is 8.40. The van der Waals surface area contributed by atoms with Gasteiger partial charge in [0.25, 0.3) is 0 Å². The first kappa shape index (κ1) is 19.1. The molecule has 0 aliphatic carbocycles. The van der Waals surface area contributed by atoms with Gasteiger partial charge in [-0.3, -0.25) is 0 Å². The number of hydrogen-bond acceptors (Lipinski definition) is 5. The van der Waals surface area contributed by atoms with Crippen LogP contribution in [-0.4, -0.2) is 46.3 Å². The van der Waals surface area contributed by atoms with Crippen LogP contribution in [0.5, 0.6) is 0 Å². The predicted molar refractivity (Wildman–Crippen MR) is 128 cm³/mol. The molecule has 1 unspecified atom stereocenters. The van der Waals surface area contributed by atoms with Crippen LogP contribution in [0.4, 0.5) is 5.69 Å². The topological polar surface area (TPSA) is 71.0 Å². The molecule has 32 heavy (non-hydrogen) atoms. The molecule has 1 fully saturated rings. The number of ether oxygens (including phenoxy) is 1. The number of methoxy groups -OCH3 is 1. The van der Waals surface area contributed by atoms with Gasteiger partial charge in [0.2, 0.25) is 0 Å². The normalized spacial score (nSPS) is 19.0. The van der Waals surface area contributed by atoms with Crippen molar-refractivity contribution in [2.24, 2.45) is 0 Å². The maximum atomic E-state index is 5.56. The molecule has 2 N–H and O–H groups in total. The molecular formula is C25H26N6O. The highest BCUT2D eigenvalue weighted by molar-refractivity contribution is 5.97. The molecule has 162 valence electrons. The van der Waals surface area contributed by atoms with Gasteiger partial charge in [-0.1, -0.05) is 18.2 Å². The minimum Gasteiger partial charge on any atom is -0.482 e. The van der Waals surface area contributed by atoms with Crippen LogP contribution in [0.15, 0.2) is 67.1 Å². The molecule has 4 aromatic rings. The van der Waals surface area contributed by atoms with E-state index < -0.39 is 0 Å². The molecule has 1 aromatic carbocycles. The van der Waals surface area contributed by atoms with Crippen molar-refractivity contribution in [3.8, 4) is 11.1 Å². The number of rotatable bonds is 4. The van der Waals surface area contributed by atoms with Crippen molar-refractivity contribution < 1.29 is 4.74 Å². The number of nitrogens with one attached hydrogen (secondary N) is 2. The quantitative estimate of drug-likeness (QED) is 0.507. The zero-order valence-electron chi connectivity index (χ0n) is 18.1. The minimum absolute atomic E-state index is 0.451. The van der Waals surface area contributed by atoms with Crippen molar-refractivity contribution in [2.45, 2.75) is 18.9 Å². The summed E-state index contributed by atoms with van der Waals surface area (Å²) in [6, 6.07) is 9.17. The zero-order valence-corrected chi connectivity index (χ0v) is 18.1. The standard InChI is InChI=1S/C25H26N6O/c1-32-24-6-2-3-10-30(24)19-12-20-21(15-28-25(20)27-14-19)17-7-8-22-23(11-17)31(16-29-22)18-5-4-9-26-13-18/h2-3,6-8,11-12,14-16,18,26H,4-5,9-10,13H2,1H3,(H,27,28). The van der Waals surface area contributed by atoms with Crippen LogP contribution in [0.25, 0.3) is 33.2 Å². The highest BCUT2D eigenvalue weighted by Gasteiger charge is 2.19. The summed E-state index contributed by atoms with van der Waals surface area (Å²) in [4.78, 5) is 14.8. The summed E-state index contributed by atoms with van der Waals surface area (Å²) in [7, 11) is 1.70. The highest BCUT2D eigenvalue weighted by Crippen LogP contribution is 2.34. The molecule has 0 amide bonds. The van der Waals surface area contributed by atoms with E-state index in [0.29, 0.717) is 6.04 Å². The molecule has 1 saturated heterocycles. The number of hydrogen-bond donors (Lipinski definition) is 2. The van der Waals surface area contributed by atoms with E-state index in [0.717, 1.165) is 58.9 Å². The summed E-state index contributed by atoms with van der Waals surface area (Å²) < 4.78 is 7.89. The molecule has 2 aliphatic rings. The highest BCUT2D eigenvalue weighted by atomic mass is 16.5. The van der Waals surface area contributed by atoms with E-state index in [1.165, 1.54) is 18.4 Å². The van der Waals surface area contributed by atoms with Crippen molar-refractivity contribution in [1.82, 2.24) is 24.8 Å². The fourth-order valence-electron chi connectivity index (χ4n) is 4.84. The van der Waals surface area contributed by atoms with Crippen LogP contribution in [0, 0.1) is 0 Å². The van der Waals surface area contributed by atoms with Gasteiger partial charge in [-0.2, -0.15) is 0 Å². The fourth-order valence-corrected chi connectivity index (χ4v) is 4.84. The molecule has 2 aliphatic heterocycles. The maximum Gasteiger partial charge on any atom is 0.193 e. The lowest BCUT2D eigenvalue weighted by atomic mass is 10.0. The van der Waals surface area contributed by atoms with Crippen molar-refractivity contribution in [3.05, 3.63) is 67.1 Å². The molecule has 0 spiro atoms. The number of pyridine rings is 1. The third-order valence-corrected chi connectivity index (χ3v) is 6.52. The van der Waals surface area contributed by atoms with Crippen molar-refractivity contribution in [1.29, 1.82) is 0 Å². The molecule has 7 heteroatoms. The lowest BCUT2D eigenvalue weighted by Gasteiger charge is -2.26. The Morgan fingerprint density at radius 2 is 2.16 bits per heavy atom. The number of nitrogens with zero attached hydrogens (tertiary/aromatic N) is 4. The molecule has 3 aromatic heterocycles. The molecule has 0 saturated carbocycles. The third kappa shape index (κ3) is 3.17. The minimum atomic E-state index is 0.451. The number of imidazole rings is 1. The Kier molecular flexibility index (Phi) is 4.69. The van der Waals surface area contributed by atoms with E-state index in [9.17, 15) is 0 Å². The van der Waals surface area contributed by atoms with Gasteiger partial charge in [0, 0.05) is 36.3 Å². The van der Waals surface area contributed by atoms with E-state index in [1.807, 2.05) is 24.7 Å². The van der Waals surface area contributed by atoms with E-state index >= 15 is 0 Å². The Balaban J connectivity index is 1.42. The van der Waals surface area contributed by atoms with Gasteiger partial charge in [0.15, 0.2) is 5.88 Å². The van der Waals surface area contributed by atoms with Crippen LogP contribution in [0.2, 0.25) is 0 Å². The summed E-state index contributed by atoms with van der Waals surface area (Å²) in [6.07, 6.45) is 14.4. The van der Waals surface area contributed by atoms with Gasteiger partial charge in [-0.25, -0.2) is 9.97 Å². The zero-order chi connectivity index (χ0) is 21.5. The second kappa shape index (κ2) is 7.84. The van der Waals surface area contributed by atoms with Gasteiger partial charge in [-0.05, 0) is 49.2 Å². The summed E-state index contributed by atoms with van der Waals surface area (Å²) in [6.45, 7) is 2.86. The summed E-state index contributed by atoms with van der Waals surface area (Å²) in [5.74, 6) is 0.817. The molecule has 6 rings (SSSR count). The number of allylic oxidation sites excluding steroid dienone is 2. The number of aromatic nitrogens is 4. The number of benzene rings is 1. The van der Waals surface area contributed by atoms with Gasteiger partial charge in [0.1, 0.15) is 5.65 Å². The van der Waals surface area contributed by atoms with Crippen molar-refractivity contribution in [2.75, 3.05) is 31.6 Å². The molecular weight excluding hydrogens is 400 g/mol. The first-order valence-electron chi connectivity index (χ1n) is 11.1. The van der Waals surface area contributed by atoms with Crippen molar-refractivity contribution in [3.63, 3.8) is 0 Å². The number of piperidine rings is 1. The van der Waals surface area contributed by atoms with E-state index in [-0.39, 0.29) is 0 Å². The summed E-state index contributed by atoms with van der Waals surface area (Å²) >= 11 is 0. The van der Waals surface area contributed by atoms with E-state index in [2.05, 4.69) is 66.3 Å². The maximum absolute atomic E-state index is 5.56. The van der Waals surface area contributed by atoms with Crippen LogP contribution in [0.1, 0.15) is 18.9 Å². The van der Waals surface area contributed by atoms with Gasteiger partial charge in [-0.15, -0.1) is 0 Å². The summed E-state index contributed by atoms with van der Waals surface area (Å²) in [5, 5.41) is 4.61. The largest absolute Gasteiger partial charge is 0.482 e. The molecule has 5 heterocycles. The smallest absolute Gasteiger partial charge is 0.193 e. The number of anilines is 1. The van der Waals surface area contributed by atoms with Crippen LogP contribution >= 0.6 is 0 Å². The lowest BCUT2D eigenvalue weighted by Crippen LogP contribution is -2.31. The average Bonchev–Trinajstić information content (AvgIpc) is 3.48. The summed E-state index contributed by atoms with van der Waals surface area (Å²) in [5.41, 5.74) is 6.41. The Bertz CT molecular complexity index is 1340. The monoisotopic (exact) mass is 426 g/mol. The molecule has 0 bridgehead atoms. The molecule has 1 atom stereocenters. The van der Waals surface area contributed by atoms with Crippen LogP contribution in [-0.2, 0) is 4.74 Å². The fraction of sp³-hybridized carbons (Fsp3) is 0.280. The molecule has 7 nitrogen and oxygen atoms in total. The number of fused-ring (bicyclic) bond motifs is 2. The first-order valence-corrected chi connectivity index (χ1v) is 11.1. The second-order valence-corrected chi connectivity index (χ2v) is 8.40. The Morgan fingerprint density at radius 1 is 1.19 bits per heavy atom.